The fourth-order valence-electron chi connectivity index (χ4n) is 2.85. The number of nitrogens with zero attached hydrogens (tertiary/aromatic N) is 1. The van der Waals surface area contributed by atoms with Crippen LogP contribution in [0.5, 0.6) is 0 Å². The Kier molecular flexibility index (Phi) is 3.92. The van der Waals surface area contributed by atoms with Gasteiger partial charge in [0.25, 0.3) is 6.43 Å². The lowest BCUT2D eigenvalue weighted by Gasteiger charge is -2.34. The van der Waals surface area contributed by atoms with Gasteiger partial charge in [-0.15, -0.1) is 0 Å². The minimum Gasteiger partial charge on any atom is -0.314 e. The maximum absolute atomic E-state index is 12.2. The van der Waals surface area contributed by atoms with Gasteiger partial charge in [-0.1, -0.05) is 0 Å². The molecular weight excluding hydrogens is 198 g/mol. The monoisotopic (exact) mass is 218 g/mol. The molecule has 2 aliphatic heterocycles. The number of alkyl halides is 2. The van der Waals surface area contributed by atoms with Crippen molar-refractivity contribution in [2.75, 3.05) is 26.2 Å². The lowest BCUT2D eigenvalue weighted by molar-refractivity contribution is 0.0650. The first-order valence-electron chi connectivity index (χ1n) is 5.99. The molecule has 2 aliphatic rings. The minimum absolute atomic E-state index is 0.0369. The average molecular weight is 218 g/mol. The molecule has 2 fully saturated rings. The highest BCUT2D eigenvalue weighted by molar-refractivity contribution is 4.85. The third kappa shape index (κ3) is 3.11. The van der Waals surface area contributed by atoms with Gasteiger partial charge in [0.2, 0.25) is 0 Å². The van der Waals surface area contributed by atoms with Crippen LogP contribution in [0.25, 0.3) is 0 Å². The lowest BCUT2D eigenvalue weighted by Crippen LogP contribution is -2.42. The van der Waals surface area contributed by atoms with Gasteiger partial charge < -0.3 is 5.32 Å². The van der Waals surface area contributed by atoms with E-state index in [0.29, 0.717) is 6.04 Å². The molecule has 0 saturated carbocycles. The van der Waals surface area contributed by atoms with Gasteiger partial charge in [-0.2, -0.15) is 0 Å². The third-order valence-electron chi connectivity index (χ3n) is 3.70. The molecular formula is C11H20F2N2. The molecule has 0 spiro atoms. The number of halogens is 2. The van der Waals surface area contributed by atoms with Crippen LogP contribution in [0.15, 0.2) is 0 Å². The number of hydrogen-bond acceptors (Lipinski definition) is 2. The summed E-state index contributed by atoms with van der Waals surface area (Å²) in [6.07, 6.45) is 2.56. The Morgan fingerprint density at radius 2 is 1.93 bits per heavy atom. The summed E-state index contributed by atoms with van der Waals surface area (Å²) in [5, 5.41) is 3.52. The molecule has 88 valence electrons. The van der Waals surface area contributed by atoms with E-state index in [-0.39, 0.29) is 6.54 Å². The van der Waals surface area contributed by atoms with Gasteiger partial charge in [-0.3, -0.25) is 4.90 Å². The van der Waals surface area contributed by atoms with Crippen molar-refractivity contribution in [2.24, 2.45) is 5.92 Å². The molecule has 0 aliphatic carbocycles. The van der Waals surface area contributed by atoms with Crippen LogP contribution >= 0.6 is 0 Å². The van der Waals surface area contributed by atoms with Crippen LogP contribution in [0.4, 0.5) is 8.78 Å². The highest BCUT2D eigenvalue weighted by Gasteiger charge is 2.28. The van der Waals surface area contributed by atoms with E-state index in [0.717, 1.165) is 38.4 Å². The highest BCUT2D eigenvalue weighted by Crippen LogP contribution is 2.25. The van der Waals surface area contributed by atoms with E-state index < -0.39 is 6.43 Å². The molecule has 2 heterocycles. The van der Waals surface area contributed by atoms with Crippen LogP contribution in [-0.2, 0) is 0 Å². The smallest absolute Gasteiger partial charge is 0.251 e. The molecule has 0 aromatic heterocycles. The summed E-state index contributed by atoms with van der Waals surface area (Å²) in [5.41, 5.74) is 0. The minimum atomic E-state index is -2.17. The van der Waals surface area contributed by atoms with Gasteiger partial charge in [0, 0.05) is 6.04 Å². The summed E-state index contributed by atoms with van der Waals surface area (Å²) in [4.78, 5) is 1.90. The van der Waals surface area contributed by atoms with Crippen LogP contribution in [0, 0.1) is 5.92 Å². The molecule has 0 aromatic rings. The number of rotatable bonds is 3. The summed E-state index contributed by atoms with van der Waals surface area (Å²) in [5.74, 6) is 0.724. The molecule has 0 amide bonds. The fraction of sp³-hybridized carbons (Fsp3) is 1.00. The summed E-state index contributed by atoms with van der Waals surface area (Å²) in [7, 11) is 0. The third-order valence-corrected chi connectivity index (χ3v) is 3.70. The molecule has 2 rings (SSSR count). The molecule has 15 heavy (non-hydrogen) atoms. The SMILES string of the molecule is FC(F)CN1CCC(C2CCCN2)CC1. The van der Waals surface area contributed by atoms with Crippen LogP contribution in [0.3, 0.4) is 0 Å². The van der Waals surface area contributed by atoms with Crippen molar-refractivity contribution in [3.05, 3.63) is 0 Å². The number of likely N-dealkylation sites (tertiary alicyclic amines) is 1. The first kappa shape index (κ1) is 11.3. The predicted molar refractivity (Wildman–Crippen MR) is 56.2 cm³/mol. The Labute approximate surface area is 90.0 Å². The Balaban J connectivity index is 1.71. The topological polar surface area (TPSA) is 15.3 Å². The molecule has 0 bridgehead atoms. The van der Waals surface area contributed by atoms with E-state index in [1.807, 2.05) is 4.90 Å². The van der Waals surface area contributed by atoms with Crippen LogP contribution < -0.4 is 5.32 Å². The highest BCUT2D eigenvalue weighted by atomic mass is 19.3. The fourth-order valence-corrected chi connectivity index (χ4v) is 2.85. The van der Waals surface area contributed by atoms with Gasteiger partial charge in [-0.25, -0.2) is 8.78 Å². The number of nitrogens with one attached hydrogen (secondary N) is 1. The van der Waals surface area contributed by atoms with E-state index in [4.69, 9.17) is 0 Å². The Morgan fingerprint density at radius 1 is 1.20 bits per heavy atom. The molecule has 1 N–H and O–H groups in total. The molecule has 1 atom stereocenters. The van der Waals surface area contributed by atoms with E-state index in [2.05, 4.69) is 5.32 Å². The van der Waals surface area contributed by atoms with Crippen LogP contribution in [0.2, 0.25) is 0 Å². The first-order chi connectivity index (χ1) is 7.25. The Morgan fingerprint density at radius 3 is 2.47 bits per heavy atom. The van der Waals surface area contributed by atoms with E-state index in [9.17, 15) is 8.78 Å². The van der Waals surface area contributed by atoms with Crippen LogP contribution in [-0.4, -0.2) is 43.5 Å². The van der Waals surface area contributed by atoms with E-state index >= 15 is 0 Å². The van der Waals surface area contributed by atoms with Crippen molar-refractivity contribution < 1.29 is 8.78 Å². The van der Waals surface area contributed by atoms with Crippen molar-refractivity contribution in [1.29, 1.82) is 0 Å². The van der Waals surface area contributed by atoms with Gasteiger partial charge >= 0.3 is 0 Å². The van der Waals surface area contributed by atoms with Crippen molar-refractivity contribution in [3.63, 3.8) is 0 Å². The quantitative estimate of drug-likeness (QED) is 0.776. The number of hydrogen-bond donors (Lipinski definition) is 1. The lowest BCUT2D eigenvalue weighted by atomic mass is 9.88. The van der Waals surface area contributed by atoms with Crippen molar-refractivity contribution in [1.82, 2.24) is 10.2 Å². The van der Waals surface area contributed by atoms with Gasteiger partial charge in [0.05, 0.1) is 6.54 Å². The predicted octanol–water partition coefficient (Wildman–Crippen LogP) is 1.72. The van der Waals surface area contributed by atoms with Gasteiger partial charge in [0.1, 0.15) is 0 Å². The van der Waals surface area contributed by atoms with Gasteiger partial charge in [0.15, 0.2) is 0 Å². The standard InChI is InChI=1S/C11H20F2N2/c12-11(13)8-15-6-3-9(4-7-15)10-2-1-5-14-10/h9-11,14H,1-8H2. The van der Waals surface area contributed by atoms with Crippen molar-refractivity contribution in [2.45, 2.75) is 38.2 Å². The van der Waals surface area contributed by atoms with E-state index in [1.54, 1.807) is 0 Å². The summed E-state index contributed by atoms with van der Waals surface area (Å²) >= 11 is 0. The molecule has 0 radical (unpaired) electrons. The second-order valence-corrected chi connectivity index (χ2v) is 4.73. The largest absolute Gasteiger partial charge is 0.314 e. The first-order valence-corrected chi connectivity index (χ1v) is 5.99. The molecule has 2 nitrogen and oxygen atoms in total. The summed E-state index contributed by atoms with van der Waals surface area (Å²) in [6, 6.07) is 0.665. The average Bonchev–Trinajstić information content (AvgIpc) is 2.71. The van der Waals surface area contributed by atoms with Crippen molar-refractivity contribution in [3.8, 4) is 0 Å². The zero-order valence-corrected chi connectivity index (χ0v) is 9.09. The maximum atomic E-state index is 12.2. The zero-order valence-electron chi connectivity index (χ0n) is 9.09. The van der Waals surface area contributed by atoms with Crippen molar-refractivity contribution >= 4 is 0 Å². The molecule has 1 unspecified atom stereocenters. The maximum Gasteiger partial charge on any atom is 0.251 e. The summed E-state index contributed by atoms with van der Waals surface area (Å²) < 4.78 is 24.3. The molecule has 4 heteroatoms. The second-order valence-electron chi connectivity index (χ2n) is 4.73. The zero-order chi connectivity index (χ0) is 10.7. The van der Waals surface area contributed by atoms with Crippen LogP contribution in [0.1, 0.15) is 25.7 Å². The summed E-state index contributed by atoms with van der Waals surface area (Å²) in [6.45, 7) is 2.81. The Hall–Kier alpha value is -0.220. The van der Waals surface area contributed by atoms with Gasteiger partial charge in [-0.05, 0) is 51.2 Å². The molecule has 2 saturated heterocycles. The second kappa shape index (κ2) is 5.21. The Bertz CT molecular complexity index is 185. The normalized spacial score (nSPS) is 30.2. The van der Waals surface area contributed by atoms with E-state index in [1.165, 1.54) is 12.8 Å². The number of piperidine rings is 1. The molecule has 0 aromatic carbocycles.